The van der Waals surface area contributed by atoms with Crippen LogP contribution in [-0.4, -0.2) is 31.6 Å². The maximum Gasteiger partial charge on any atom is 0.319 e. The molecule has 0 aliphatic rings. The molecule has 0 aliphatic heterocycles. The third-order valence-corrected chi connectivity index (χ3v) is 1.12. The quantitative estimate of drug-likeness (QED) is 0.400. The lowest BCUT2D eigenvalue weighted by atomic mass is 10.4. The van der Waals surface area contributed by atoms with Gasteiger partial charge in [-0.2, -0.15) is 0 Å². The van der Waals surface area contributed by atoms with Crippen molar-refractivity contribution in [2.75, 3.05) is 19.7 Å². The molecule has 0 unspecified atom stereocenters. The zero-order chi connectivity index (χ0) is 9.40. The van der Waals surface area contributed by atoms with Crippen molar-refractivity contribution in [3.8, 4) is 0 Å². The predicted octanol–water partition coefficient (Wildman–Crippen LogP) is -0.985. The van der Waals surface area contributed by atoms with Crippen molar-refractivity contribution in [1.82, 2.24) is 5.32 Å². The topological polar surface area (TPSA) is 81.4 Å². The zero-order valence-corrected chi connectivity index (χ0v) is 7.13. The molecule has 0 heterocycles. The van der Waals surface area contributed by atoms with Crippen LogP contribution in [0.2, 0.25) is 0 Å². The lowest BCUT2D eigenvalue weighted by molar-refractivity contribution is -0.142. The molecule has 0 aromatic rings. The third-order valence-electron chi connectivity index (χ3n) is 1.12. The smallest absolute Gasteiger partial charge is 0.319 e. The molecule has 3 N–H and O–H groups in total. The molecule has 0 aromatic carbocycles. The zero-order valence-electron chi connectivity index (χ0n) is 7.13. The van der Waals surface area contributed by atoms with Crippen LogP contribution in [0.4, 0.5) is 0 Å². The number of esters is 1. The highest BCUT2D eigenvalue weighted by atomic mass is 16.5. The predicted molar refractivity (Wildman–Crippen MR) is 43.3 cm³/mol. The van der Waals surface area contributed by atoms with Gasteiger partial charge in [0.05, 0.1) is 13.2 Å². The van der Waals surface area contributed by atoms with Crippen molar-refractivity contribution in [2.24, 2.45) is 5.73 Å². The van der Waals surface area contributed by atoms with E-state index in [9.17, 15) is 9.59 Å². The Kier molecular flexibility index (Phi) is 6.00. The first-order chi connectivity index (χ1) is 5.66. The van der Waals surface area contributed by atoms with E-state index in [4.69, 9.17) is 5.73 Å². The summed E-state index contributed by atoms with van der Waals surface area (Å²) in [6.07, 6.45) is 0.236. The summed E-state index contributed by atoms with van der Waals surface area (Å²) >= 11 is 0. The molecule has 0 saturated carbocycles. The van der Waals surface area contributed by atoms with E-state index < -0.39 is 0 Å². The highest BCUT2D eigenvalue weighted by Gasteiger charge is 2.00. The molecule has 0 radical (unpaired) electrons. The fourth-order valence-electron chi connectivity index (χ4n) is 0.614. The molecule has 1 amide bonds. The molecule has 0 saturated heterocycles. The molecular formula is C7H14N2O3. The normalized spacial score (nSPS) is 9.42. The second-order valence-corrected chi connectivity index (χ2v) is 2.20. The number of carbonyl (C=O) groups is 2. The van der Waals surface area contributed by atoms with Crippen molar-refractivity contribution in [3.05, 3.63) is 0 Å². The second kappa shape index (κ2) is 6.60. The Morgan fingerprint density at radius 3 is 2.67 bits per heavy atom. The SMILES string of the molecule is CCOC(=O)CNCCC(N)=O. The Labute approximate surface area is 71.3 Å². The van der Waals surface area contributed by atoms with E-state index in [2.05, 4.69) is 10.1 Å². The van der Waals surface area contributed by atoms with Gasteiger partial charge in [-0.05, 0) is 6.92 Å². The van der Waals surface area contributed by atoms with Gasteiger partial charge in [-0.15, -0.1) is 0 Å². The van der Waals surface area contributed by atoms with Gasteiger partial charge in [0.2, 0.25) is 5.91 Å². The van der Waals surface area contributed by atoms with Crippen molar-refractivity contribution in [3.63, 3.8) is 0 Å². The van der Waals surface area contributed by atoms with Gasteiger partial charge in [0, 0.05) is 13.0 Å². The van der Waals surface area contributed by atoms with Gasteiger partial charge in [-0.25, -0.2) is 0 Å². The van der Waals surface area contributed by atoms with Gasteiger partial charge in [0.15, 0.2) is 0 Å². The number of amides is 1. The Hall–Kier alpha value is -1.10. The maximum atomic E-state index is 10.7. The van der Waals surface area contributed by atoms with Crippen molar-refractivity contribution in [1.29, 1.82) is 0 Å². The molecule has 5 nitrogen and oxygen atoms in total. The molecule has 5 heteroatoms. The van der Waals surface area contributed by atoms with Crippen LogP contribution in [0.3, 0.4) is 0 Å². The summed E-state index contributed by atoms with van der Waals surface area (Å²) in [6, 6.07) is 0. The van der Waals surface area contributed by atoms with Gasteiger partial charge in [0.1, 0.15) is 0 Å². The van der Waals surface area contributed by atoms with Gasteiger partial charge in [-0.3, -0.25) is 9.59 Å². The van der Waals surface area contributed by atoms with Crippen LogP contribution >= 0.6 is 0 Å². The number of carbonyl (C=O) groups excluding carboxylic acids is 2. The summed E-state index contributed by atoms with van der Waals surface area (Å²) in [5, 5.41) is 2.73. The first-order valence-corrected chi connectivity index (χ1v) is 3.81. The van der Waals surface area contributed by atoms with E-state index in [0.29, 0.717) is 13.2 Å². The van der Waals surface area contributed by atoms with Gasteiger partial charge >= 0.3 is 5.97 Å². The van der Waals surface area contributed by atoms with E-state index in [0.717, 1.165) is 0 Å². The van der Waals surface area contributed by atoms with Gasteiger partial charge < -0.3 is 15.8 Å². The number of rotatable bonds is 6. The van der Waals surface area contributed by atoms with Crippen molar-refractivity contribution >= 4 is 11.9 Å². The fourth-order valence-corrected chi connectivity index (χ4v) is 0.614. The van der Waals surface area contributed by atoms with E-state index in [1.165, 1.54) is 0 Å². The Bertz CT molecular complexity index is 159. The minimum atomic E-state index is -0.383. The Balaban J connectivity index is 3.19. The number of hydrogen-bond donors (Lipinski definition) is 2. The van der Waals surface area contributed by atoms with E-state index in [-0.39, 0.29) is 24.8 Å². The minimum Gasteiger partial charge on any atom is -0.465 e. The molecular weight excluding hydrogens is 160 g/mol. The molecule has 0 atom stereocenters. The maximum absolute atomic E-state index is 10.7. The molecule has 0 bridgehead atoms. The third kappa shape index (κ3) is 7.01. The molecule has 0 aromatic heterocycles. The Morgan fingerprint density at radius 1 is 1.50 bits per heavy atom. The van der Waals surface area contributed by atoms with Gasteiger partial charge in [0.25, 0.3) is 0 Å². The molecule has 70 valence electrons. The minimum absolute atomic E-state index is 0.126. The number of nitrogens with one attached hydrogen (secondary N) is 1. The van der Waals surface area contributed by atoms with Crippen LogP contribution in [0, 0.1) is 0 Å². The molecule has 0 spiro atoms. The first kappa shape index (κ1) is 10.9. The summed E-state index contributed by atoms with van der Waals surface area (Å²) in [6.45, 7) is 2.65. The number of ether oxygens (including phenoxy) is 1. The standard InChI is InChI=1S/C7H14N2O3/c1-2-12-7(11)5-9-4-3-6(8)10/h9H,2-5H2,1H3,(H2,8,10). The van der Waals surface area contributed by atoms with Crippen LogP contribution in [-0.2, 0) is 14.3 Å². The fraction of sp³-hybridized carbons (Fsp3) is 0.714. The highest BCUT2D eigenvalue weighted by Crippen LogP contribution is 1.76. The van der Waals surface area contributed by atoms with Crippen molar-refractivity contribution in [2.45, 2.75) is 13.3 Å². The lowest BCUT2D eigenvalue weighted by Gasteiger charge is -2.02. The Morgan fingerprint density at radius 2 is 2.17 bits per heavy atom. The highest BCUT2D eigenvalue weighted by molar-refractivity contribution is 5.74. The molecule has 12 heavy (non-hydrogen) atoms. The molecule has 0 aliphatic carbocycles. The largest absolute Gasteiger partial charge is 0.465 e. The summed E-state index contributed by atoms with van der Waals surface area (Å²) in [7, 11) is 0. The molecule has 0 rings (SSSR count). The van der Waals surface area contributed by atoms with E-state index in [1.54, 1.807) is 6.92 Å². The average Bonchev–Trinajstić information content (AvgIpc) is 1.98. The van der Waals surface area contributed by atoms with Crippen LogP contribution in [0.15, 0.2) is 0 Å². The molecule has 0 fully saturated rings. The lowest BCUT2D eigenvalue weighted by Crippen LogP contribution is -2.28. The van der Waals surface area contributed by atoms with E-state index in [1.807, 2.05) is 0 Å². The number of primary amides is 1. The van der Waals surface area contributed by atoms with Crippen LogP contribution in [0.25, 0.3) is 0 Å². The summed E-state index contributed by atoms with van der Waals surface area (Å²) < 4.78 is 4.63. The summed E-state index contributed by atoms with van der Waals surface area (Å²) in [5.41, 5.74) is 4.87. The number of hydrogen-bond acceptors (Lipinski definition) is 4. The average molecular weight is 174 g/mol. The monoisotopic (exact) mass is 174 g/mol. The second-order valence-electron chi connectivity index (χ2n) is 2.20. The first-order valence-electron chi connectivity index (χ1n) is 3.81. The van der Waals surface area contributed by atoms with Gasteiger partial charge in [-0.1, -0.05) is 0 Å². The van der Waals surface area contributed by atoms with Crippen LogP contribution in [0.1, 0.15) is 13.3 Å². The summed E-state index contributed by atoms with van der Waals surface area (Å²) in [5.74, 6) is -0.701. The number of nitrogens with two attached hydrogens (primary N) is 1. The van der Waals surface area contributed by atoms with Crippen LogP contribution < -0.4 is 11.1 Å². The van der Waals surface area contributed by atoms with Crippen LogP contribution in [0.5, 0.6) is 0 Å². The van der Waals surface area contributed by atoms with Crippen molar-refractivity contribution < 1.29 is 14.3 Å². The summed E-state index contributed by atoms with van der Waals surface area (Å²) in [4.78, 5) is 20.9. The van der Waals surface area contributed by atoms with E-state index >= 15 is 0 Å².